The first-order chi connectivity index (χ1) is 6.54. The van der Waals surface area contributed by atoms with Gasteiger partial charge in [0.15, 0.2) is 0 Å². The monoisotopic (exact) mass is 219 g/mol. The van der Waals surface area contributed by atoms with E-state index in [0.717, 1.165) is 18.6 Å². The van der Waals surface area contributed by atoms with E-state index in [4.69, 9.17) is 10.8 Å². The molecule has 0 aromatic heterocycles. The molecule has 1 atom stereocenters. The number of rotatable bonds is 8. The summed E-state index contributed by atoms with van der Waals surface area (Å²) < 4.78 is 0. The van der Waals surface area contributed by atoms with Gasteiger partial charge >= 0.3 is 5.97 Å². The van der Waals surface area contributed by atoms with Crippen LogP contribution in [0.25, 0.3) is 0 Å². The van der Waals surface area contributed by atoms with Gasteiger partial charge < -0.3 is 10.8 Å². The van der Waals surface area contributed by atoms with Gasteiger partial charge in [0.25, 0.3) is 0 Å². The molecule has 0 saturated heterocycles. The van der Waals surface area contributed by atoms with Crippen LogP contribution in [0.2, 0.25) is 0 Å². The van der Waals surface area contributed by atoms with Crippen molar-refractivity contribution in [1.29, 1.82) is 0 Å². The molecule has 0 aromatic rings. The van der Waals surface area contributed by atoms with Gasteiger partial charge in [-0.2, -0.15) is 11.8 Å². The molecule has 14 heavy (non-hydrogen) atoms. The van der Waals surface area contributed by atoms with Gasteiger partial charge in [-0.15, -0.1) is 0 Å². The van der Waals surface area contributed by atoms with Crippen LogP contribution in [0.4, 0.5) is 0 Å². The largest absolute Gasteiger partial charge is 0.480 e. The normalized spacial score (nSPS) is 12.4. The number of carboxylic acid groups (broad SMARTS) is 1. The number of nitrogens with two attached hydrogens (primary N) is 1. The van der Waals surface area contributed by atoms with E-state index >= 15 is 0 Å². The SMILES string of the molecule is CC(=O)CSCCCCC(N)C(=O)O. The van der Waals surface area contributed by atoms with Gasteiger partial charge in [-0.25, -0.2) is 0 Å². The molecule has 0 aliphatic carbocycles. The third-order valence-electron chi connectivity index (χ3n) is 1.68. The number of thioether (sulfide) groups is 1. The predicted molar refractivity (Wildman–Crippen MR) is 57.5 cm³/mol. The second-order valence-corrected chi connectivity index (χ2v) is 4.30. The molecule has 82 valence electrons. The van der Waals surface area contributed by atoms with Crippen molar-refractivity contribution in [2.24, 2.45) is 5.73 Å². The van der Waals surface area contributed by atoms with Crippen LogP contribution in [0.3, 0.4) is 0 Å². The first-order valence-electron chi connectivity index (χ1n) is 4.59. The lowest BCUT2D eigenvalue weighted by Crippen LogP contribution is -2.29. The lowest BCUT2D eigenvalue weighted by Gasteiger charge is -2.04. The van der Waals surface area contributed by atoms with Gasteiger partial charge in [0, 0.05) is 0 Å². The first kappa shape index (κ1) is 13.4. The molecule has 0 rings (SSSR count). The van der Waals surface area contributed by atoms with E-state index in [-0.39, 0.29) is 5.78 Å². The summed E-state index contributed by atoms with van der Waals surface area (Å²) in [5, 5.41) is 8.48. The molecule has 0 aliphatic heterocycles. The van der Waals surface area contributed by atoms with Crippen molar-refractivity contribution in [3.63, 3.8) is 0 Å². The number of carboxylic acids is 1. The standard InChI is InChI=1S/C9H17NO3S/c1-7(11)6-14-5-3-2-4-8(10)9(12)13/h8H,2-6,10H2,1H3,(H,12,13). The summed E-state index contributed by atoms with van der Waals surface area (Å²) in [6.45, 7) is 1.56. The Hall–Kier alpha value is -0.550. The fourth-order valence-corrected chi connectivity index (χ4v) is 1.75. The fraction of sp³-hybridized carbons (Fsp3) is 0.778. The second kappa shape index (κ2) is 7.82. The topological polar surface area (TPSA) is 80.4 Å². The fourth-order valence-electron chi connectivity index (χ4n) is 0.908. The average molecular weight is 219 g/mol. The van der Waals surface area contributed by atoms with Crippen LogP contribution in [0, 0.1) is 0 Å². The van der Waals surface area contributed by atoms with Gasteiger partial charge in [-0.05, 0) is 25.5 Å². The molecular weight excluding hydrogens is 202 g/mol. The molecule has 0 spiro atoms. The van der Waals surface area contributed by atoms with E-state index in [1.54, 1.807) is 18.7 Å². The number of aliphatic carboxylic acids is 1. The number of carbonyl (C=O) groups is 2. The highest BCUT2D eigenvalue weighted by molar-refractivity contribution is 7.99. The van der Waals surface area contributed by atoms with E-state index in [1.165, 1.54) is 0 Å². The van der Waals surface area contributed by atoms with Crippen molar-refractivity contribution >= 4 is 23.5 Å². The first-order valence-corrected chi connectivity index (χ1v) is 5.75. The molecule has 4 nitrogen and oxygen atoms in total. The lowest BCUT2D eigenvalue weighted by atomic mass is 10.1. The second-order valence-electron chi connectivity index (χ2n) is 3.20. The maximum atomic E-state index is 10.6. The molecule has 0 amide bonds. The number of hydrogen-bond donors (Lipinski definition) is 2. The predicted octanol–water partition coefficient (Wildman–Crippen LogP) is 0.891. The molecule has 0 saturated carbocycles. The summed E-state index contributed by atoms with van der Waals surface area (Å²) >= 11 is 1.58. The minimum Gasteiger partial charge on any atom is -0.480 e. The van der Waals surface area contributed by atoms with Crippen molar-refractivity contribution in [2.45, 2.75) is 32.2 Å². The summed E-state index contributed by atoms with van der Waals surface area (Å²) in [6, 6.07) is -0.743. The molecule has 0 aromatic carbocycles. The highest BCUT2D eigenvalue weighted by Crippen LogP contribution is 2.07. The Labute approximate surface area is 88.2 Å². The average Bonchev–Trinajstić information content (AvgIpc) is 2.09. The molecule has 0 radical (unpaired) electrons. The number of Topliss-reactive ketones (excluding diaryl/α,β-unsaturated/α-hetero) is 1. The summed E-state index contributed by atoms with van der Waals surface area (Å²) in [6.07, 6.45) is 2.23. The van der Waals surface area contributed by atoms with Gasteiger partial charge in [-0.1, -0.05) is 6.42 Å². The van der Waals surface area contributed by atoms with Crippen LogP contribution in [-0.2, 0) is 9.59 Å². The highest BCUT2D eigenvalue weighted by Gasteiger charge is 2.09. The van der Waals surface area contributed by atoms with Crippen molar-refractivity contribution in [3.8, 4) is 0 Å². The molecule has 5 heteroatoms. The molecule has 0 fully saturated rings. The van der Waals surface area contributed by atoms with E-state index < -0.39 is 12.0 Å². The zero-order chi connectivity index (χ0) is 11.0. The Morgan fingerprint density at radius 3 is 2.57 bits per heavy atom. The number of unbranched alkanes of at least 4 members (excludes halogenated alkanes) is 1. The van der Waals surface area contributed by atoms with Gasteiger partial charge in [0.2, 0.25) is 0 Å². The smallest absolute Gasteiger partial charge is 0.320 e. The summed E-state index contributed by atoms with van der Waals surface area (Å²) in [7, 11) is 0. The van der Waals surface area contributed by atoms with E-state index in [0.29, 0.717) is 12.2 Å². The summed E-state index contributed by atoms with van der Waals surface area (Å²) in [4.78, 5) is 20.9. The van der Waals surface area contributed by atoms with Gasteiger partial charge in [-0.3, -0.25) is 9.59 Å². The van der Waals surface area contributed by atoms with Crippen LogP contribution in [0.5, 0.6) is 0 Å². The Morgan fingerprint density at radius 2 is 2.07 bits per heavy atom. The Bertz CT molecular complexity index is 196. The Kier molecular flexibility index (Phi) is 7.51. The van der Waals surface area contributed by atoms with Crippen LogP contribution >= 0.6 is 11.8 Å². The van der Waals surface area contributed by atoms with E-state index in [9.17, 15) is 9.59 Å². The van der Waals surface area contributed by atoms with Gasteiger partial charge in [0.05, 0.1) is 5.75 Å². The number of ketones is 1. The third kappa shape index (κ3) is 8.07. The Balaban J connectivity index is 3.21. The number of carbonyl (C=O) groups excluding carboxylic acids is 1. The van der Waals surface area contributed by atoms with E-state index in [1.807, 2.05) is 0 Å². The molecule has 0 aliphatic rings. The van der Waals surface area contributed by atoms with Crippen LogP contribution < -0.4 is 5.73 Å². The van der Waals surface area contributed by atoms with Crippen LogP contribution in [-0.4, -0.2) is 34.4 Å². The van der Waals surface area contributed by atoms with Gasteiger partial charge in [0.1, 0.15) is 11.8 Å². The lowest BCUT2D eigenvalue weighted by molar-refractivity contribution is -0.138. The summed E-state index contributed by atoms with van der Waals surface area (Å²) in [5.74, 6) is 0.676. The molecular formula is C9H17NO3S. The van der Waals surface area contributed by atoms with Crippen LogP contribution in [0.15, 0.2) is 0 Å². The van der Waals surface area contributed by atoms with Crippen LogP contribution in [0.1, 0.15) is 26.2 Å². The minimum atomic E-state index is -0.943. The van der Waals surface area contributed by atoms with Crippen molar-refractivity contribution in [3.05, 3.63) is 0 Å². The minimum absolute atomic E-state index is 0.178. The van der Waals surface area contributed by atoms with Crippen molar-refractivity contribution in [2.75, 3.05) is 11.5 Å². The highest BCUT2D eigenvalue weighted by atomic mass is 32.2. The molecule has 0 heterocycles. The maximum absolute atomic E-state index is 10.6. The number of hydrogen-bond acceptors (Lipinski definition) is 4. The van der Waals surface area contributed by atoms with Crippen molar-refractivity contribution in [1.82, 2.24) is 0 Å². The molecule has 3 N–H and O–H groups in total. The maximum Gasteiger partial charge on any atom is 0.320 e. The molecule has 0 bridgehead atoms. The van der Waals surface area contributed by atoms with Crippen molar-refractivity contribution < 1.29 is 14.7 Å². The summed E-state index contributed by atoms with van der Waals surface area (Å²) in [5.41, 5.74) is 5.32. The zero-order valence-corrected chi connectivity index (χ0v) is 9.18. The zero-order valence-electron chi connectivity index (χ0n) is 8.36. The molecule has 1 unspecified atom stereocenters. The van der Waals surface area contributed by atoms with E-state index in [2.05, 4.69) is 0 Å². The third-order valence-corrected chi connectivity index (χ3v) is 2.86. The Morgan fingerprint density at radius 1 is 1.43 bits per heavy atom. The quantitative estimate of drug-likeness (QED) is 0.593.